The Bertz CT molecular complexity index is 428. The molecule has 3 N–H and O–H groups in total. The second kappa shape index (κ2) is 6.42. The Morgan fingerprint density at radius 2 is 2.21 bits per heavy atom. The maximum atomic E-state index is 11.8. The number of carbonyl (C=O) groups is 1. The van der Waals surface area contributed by atoms with Gasteiger partial charge >= 0.3 is 0 Å². The maximum absolute atomic E-state index is 11.8. The van der Waals surface area contributed by atoms with Gasteiger partial charge in [0.1, 0.15) is 12.2 Å². The lowest BCUT2D eigenvalue weighted by Gasteiger charge is -2.18. The number of carbonyl (C=O) groups excluding carboxylic acids is 1. The highest BCUT2D eigenvalue weighted by atomic mass is 32.1. The number of thiazole rings is 1. The van der Waals surface area contributed by atoms with E-state index in [0.29, 0.717) is 10.0 Å². The Morgan fingerprint density at radius 3 is 2.68 bits per heavy atom. The largest absolute Gasteiger partial charge is 0.394 e. The average molecular weight is 288 g/mol. The van der Waals surface area contributed by atoms with Crippen LogP contribution >= 0.6 is 11.3 Å². The first-order chi connectivity index (χ1) is 8.79. The van der Waals surface area contributed by atoms with Crippen molar-refractivity contribution in [2.24, 2.45) is 5.41 Å². The third-order valence-corrected chi connectivity index (χ3v) is 3.47. The van der Waals surface area contributed by atoms with Crippen molar-refractivity contribution in [1.29, 1.82) is 0 Å². The lowest BCUT2D eigenvalue weighted by atomic mass is 9.96. The molecule has 2 unspecified atom stereocenters. The highest BCUT2D eigenvalue weighted by Crippen LogP contribution is 2.29. The minimum absolute atomic E-state index is 0.134. The zero-order chi connectivity index (χ0) is 14.6. The Hall–Kier alpha value is -1.02. The normalized spacial score (nSPS) is 15.1. The van der Waals surface area contributed by atoms with Crippen LogP contribution in [0.25, 0.3) is 0 Å². The highest BCUT2D eigenvalue weighted by molar-refractivity contribution is 7.15. The van der Waals surface area contributed by atoms with Crippen LogP contribution in [0.15, 0.2) is 6.20 Å². The van der Waals surface area contributed by atoms with Gasteiger partial charge in [-0.25, -0.2) is 4.98 Å². The molecule has 0 saturated carbocycles. The summed E-state index contributed by atoms with van der Waals surface area (Å²) in [6, 6.07) is 0. The van der Waals surface area contributed by atoms with Gasteiger partial charge in [-0.3, -0.25) is 4.79 Å². The molecule has 1 rings (SSSR count). The van der Waals surface area contributed by atoms with Gasteiger partial charge in [-0.2, -0.15) is 0 Å². The molecule has 0 spiro atoms. The van der Waals surface area contributed by atoms with Crippen LogP contribution in [0, 0.1) is 5.41 Å². The summed E-state index contributed by atoms with van der Waals surface area (Å²) in [5, 5.41) is 21.7. The third kappa shape index (κ3) is 4.24. The van der Waals surface area contributed by atoms with Gasteiger partial charge in [0.05, 0.1) is 11.5 Å². The van der Waals surface area contributed by atoms with Crippen LogP contribution in [0.1, 0.15) is 31.8 Å². The fourth-order valence-corrected chi connectivity index (χ4v) is 2.27. The van der Waals surface area contributed by atoms with E-state index >= 15 is 0 Å². The van der Waals surface area contributed by atoms with Crippen molar-refractivity contribution < 1.29 is 19.7 Å². The van der Waals surface area contributed by atoms with E-state index in [2.05, 4.69) is 10.3 Å². The number of anilines is 1. The summed E-state index contributed by atoms with van der Waals surface area (Å²) >= 11 is 1.21. The fraction of sp³-hybridized carbons (Fsp3) is 0.667. The van der Waals surface area contributed by atoms with Crippen LogP contribution in [0.3, 0.4) is 0 Å². The average Bonchev–Trinajstić information content (AvgIpc) is 2.77. The van der Waals surface area contributed by atoms with Crippen molar-refractivity contribution in [2.45, 2.75) is 33.0 Å². The van der Waals surface area contributed by atoms with Crippen LogP contribution in [-0.2, 0) is 9.53 Å². The molecule has 0 radical (unpaired) electrons. The van der Waals surface area contributed by atoms with Gasteiger partial charge in [0, 0.05) is 18.7 Å². The molecule has 0 bridgehead atoms. The van der Waals surface area contributed by atoms with Gasteiger partial charge < -0.3 is 20.3 Å². The van der Waals surface area contributed by atoms with Crippen molar-refractivity contribution in [3.05, 3.63) is 11.1 Å². The van der Waals surface area contributed by atoms with Crippen molar-refractivity contribution in [2.75, 3.05) is 19.0 Å². The monoisotopic (exact) mass is 288 g/mol. The molecule has 0 aliphatic carbocycles. The number of nitrogens with zero attached hydrogens (tertiary/aromatic N) is 1. The van der Waals surface area contributed by atoms with Crippen LogP contribution in [0.2, 0.25) is 0 Å². The molecule has 19 heavy (non-hydrogen) atoms. The summed E-state index contributed by atoms with van der Waals surface area (Å²) in [4.78, 5) is 16.5. The molecule has 108 valence electrons. The number of aliphatic hydroxyl groups is 2. The molecule has 0 aliphatic heterocycles. The first-order valence-corrected chi connectivity index (χ1v) is 6.70. The molecule has 1 amide bonds. The number of rotatable bonds is 5. The van der Waals surface area contributed by atoms with E-state index in [0.717, 1.165) is 0 Å². The Balaban J connectivity index is 2.79. The number of amides is 1. The lowest BCUT2D eigenvalue weighted by molar-refractivity contribution is -0.123. The van der Waals surface area contributed by atoms with Gasteiger partial charge in [0.15, 0.2) is 5.13 Å². The highest BCUT2D eigenvalue weighted by Gasteiger charge is 2.25. The topological polar surface area (TPSA) is 91.7 Å². The molecule has 2 atom stereocenters. The predicted octanol–water partition coefficient (Wildman–Crippen LogP) is 1.17. The molecular formula is C12H20N2O4S. The van der Waals surface area contributed by atoms with Crippen molar-refractivity contribution in [3.8, 4) is 0 Å². The minimum atomic E-state index is -1.02. The first kappa shape index (κ1) is 16.0. The second-order valence-electron chi connectivity index (χ2n) is 5.18. The molecule has 7 heteroatoms. The number of aliphatic hydroxyl groups excluding tert-OH is 2. The molecule has 1 aromatic heterocycles. The van der Waals surface area contributed by atoms with Gasteiger partial charge in [-0.1, -0.05) is 32.1 Å². The van der Waals surface area contributed by atoms with Gasteiger partial charge in [-0.15, -0.1) is 0 Å². The minimum Gasteiger partial charge on any atom is -0.394 e. The molecule has 0 aliphatic rings. The summed E-state index contributed by atoms with van der Waals surface area (Å²) in [6.45, 7) is 5.03. The van der Waals surface area contributed by atoms with Crippen LogP contribution in [0.5, 0.6) is 0 Å². The van der Waals surface area contributed by atoms with E-state index in [1.54, 1.807) is 0 Å². The fourth-order valence-electron chi connectivity index (χ4n) is 1.32. The van der Waals surface area contributed by atoms with E-state index in [9.17, 15) is 9.90 Å². The molecule has 6 nitrogen and oxygen atoms in total. The molecule has 0 saturated heterocycles. The zero-order valence-electron chi connectivity index (χ0n) is 11.5. The number of methoxy groups -OCH3 is 1. The van der Waals surface area contributed by atoms with Crippen molar-refractivity contribution in [1.82, 2.24) is 4.98 Å². The summed E-state index contributed by atoms with van der Waals surface area (Å²) in [6.07, 6.45) is -0.143. The van der Waals surface area contributed by atoms with Crippen LogP contribution in [-0.4, -0.2) is 40.9 Å². The number of hydrogen-bond acceptors (Lipinski definition) is 6. The van der Waals surface area contributed by atoms with E-state index in [1.807, 2.05) is 20.8 Å². The molecule has 1 aromatic rings. The predicted molar refractivity (Wildman–Crippen MR) is 73.0 cm³/mol. The summed E-state index contributed by atoms with van der Waals surface area (Å²) < 4.78 is 5.12. The molecule has 0 fully saturated rings. The van der Waals surface area contributed by atoms with E-state index in [1.165, 1.54) is 24.6 Å². The van der Waals surface area contributed by atoms with Gasteiger partial charge in [0.25, 0.3) is 0 Å². The molecular weight excluding hydrogens is 268 g/mol. The van der Waals surface area contributed by atoms with E-state index in [4.69, 9.17) is 9.84 Å². The quantitative estimate of drug-likeness (QED) is 0.756. The Morgan fingerprint density at radius 1 is 1.58 bits per heavy atom. The third-order valence-electron chi connectivity index (χ3n) is 2.50. The number of hydrogen-bond donors (Lipinski definition) is 3. The van der Waals surface area contributed by atoms with Crippen molar-refractivity contribution in [3.63, 3.8) is 0 Å². The summed E-state index contributed by atoms with van der Waals surface area (Å²) in [5.74, 6) is -0.134. The maximum Gasteiger partial charge on any atom is 0.231 e. The van der Waals surface area contributed by atoms with Crippen molar-refractivity contribution >= 4 is 22.4 Å². The van der Waals surface area contributed by atoms with Gasteiger partial charge in [-0.05, 0) is 0 Å². The smallest absolute Gasteiger partial charge is 0.231 e. The second-order valence-corrected chi connectivity index (χ2v) is 6.24. The summed E-state index contributed by atoms with van der Waals surface area (Å²) in [7, 11) is 1.44. The lowest BCUT2D eigenvalue weighted by Crippen LogP contribution is -2.27. The van der Waals surface area contributed by atoms with Crippen LogP contribution < -0.4 is 5.32 Å². The molecule has 0 aromatic carbocycles. The number of aromatic nitrogens is 1. The SMILES string of the molecule is COC(c1cnc(NC(=O)C(C)(C)C)s1)C(O)CO. The summed E-state index contributed by atoms with van der Waals surface area (Å²) in [5.41, 5.74) is -0.503. The Labute approximate surface area is 116 Å². The Kier molecular flexibility index (Phi) is 5.42. The van der Waals surface area contributed by atoms with Gasteiger partial charge in [0.2, 0.25) is 5.91 Å². The van der Waals surface area contributed by atoms with Crippen LogP contribution in [0.4, 0.5) is 5.13 Å². The number of nitrogens with one attached hydrogen (secondary N) is 1. The van der Waals surface area contributed by atoms with E-state index in [-0.39, 0.29) is 5.91 Å². The first-order valence-electron chi connectivity index (χ1n) is 5.88. The number of ether oxygens (including phenoxy) is 1. The zero-order valence-corrected chi connectivity index (χ0v) is 12.3. The standard InChI is InChI=1S/C12H20N2O4S/c1-12(2,3)10(17)14-11-13-5-8(19-11)9(18-4)7(16)6-15/h5,7,9,15-16H,6H2,1-4H3,(H,13,14,17). The molecule has 1 heterocycles. The van der Waals surface area contributed by atoms with E-state index < -0.39 is 24.2 Å².